The highest BCUT2D eigenvalue weighted by Gasteiger charge is 2.04. The monoisotopic (exact) mass is 488 g/mol. The molecule has 0 bridgehead atoms. The molecule has 0 heterocycles. The minimum atomic E-state index is 0.161. The fraction of sp³-hybridized carbons (Fsp3) is 0.0714. The molecule has 100 valence electrons. The average Bonchev–Trinajstić information content (AvgIpc) is 2.46. The molecule has 0 unspecified atom stereocenters. The highest BCUT2D eigenvalue weighted by Crippen LogP contribution is 2.19. The molecule has 6 heteroatoms. The summed E-state index contributed by atoms with van der Waals surface area (Å²) in [6, 6.07) is 17.6. The van der Waals surface area contributed by atoms with Crippen molar-refractivity contribution in [2.45, 2.75) is 0 Å². The van der Waals surface area contributed by atoms with Crippen molar-refractivity contribution in [3.63, 3.8) is 0 Å². The molecule has 0 radical (unpaired) electrons. The molecule has 0 aliphatic rings. The smallest absolute Gasteiger partial charge is 0.130 e. The fourth-order valence-electron chi connectivity index (χ4n) is 1.47. The second-order valence-electron chi connectivity index (χ2n) is 3.86. The van der Waals surface area contributed by atoms with Gasteiger partial charge in [0, 0.05) is 7.14 Å². The van der Waals surface area contributed by atoms with Gasteiger partial charge >= 0.3 is 0 Å². The van der Waals surface area contributed by atoms with Gasteiger partial charge in [0.2, 0.25) is 0 Å². The van der Waals surface area contributed by atoms with Crippen molar-refractivity contribution in [1.29, 1.82) is 5.26 Å². The Kier molecular flexibility index (Phi) is 5.72. The topological polar surface area (TPSA) is 51.8 Å². The molecule has 0 saturated carbocycles. The molecule has 2 aromatic rings. The molecular weight excluding hydrogens is 478 g/mol. The number of benzene rings is 2. The molecular formula is C14H10I2N4. The van der Waals surface area contributed by atoms with Crippen molar-refractivity contribution in [3.05, 3.63) is 55.7 Å². The zero-order valence-corrected chi connectivity index (χ0v) is 14.7. The summed E-state index contributed by atoms with van der Waals surface area (Å²) in [6.45, 7) is 0.161. The van der Waals surface area contributed by atoms with Gasteiger partial charge in [-0.3, -0.25) is 0 Å². The summed E-state index contributed by atoms with van der Waals surface area (Å²) in [6.07, 6.45) is 0. The highest BCUT2D eigenvalue weighted by molar-refractivity contribution is 14.1. The Hall–Kier alpha value is -1.21. The van der Waals surface area contributed by atoms with E-state index in [0.29, 0.717) is 0 Å². The van der Waals surface area contributed by atoms with E-state index < -0.39 is 0 Å². The Morgan fingerprint density at radius 2 is 1.50 bits per heavy atom. The molecule has 4 nitrogen and oxygen atoms in total. The first-order valence-corrected chi connectivity index (χ1v) is 7.92. The number of rotatable bonds is 4. The molecule has 0 aliphatic carbocycles. The van der Waals surface area contributed by atoms with E-state index in [0.717, 1.165) is 18.5 Å². The van der Waals surface area contributed by atoms with Gasteiger partial charge in [0.05, 0.1) is 17.4 Å². The van der Waals surface area contributed by atoms with E-state index in [-0.39, 0.29) is 6.54 Å². The number of nitriles is 1. The Bertz CT molecular complexity index is 630. The molecule has 0 fully saturated rings. The summed E-state index contributed by atoms with van der Waals surface area (Å²) in [5, 5.41) is 18.8. The minimum absolute atomic E-state index is 0.161. The molecule has 0 spiro atoms. The van der Waals surface area contributed by atoms with E-state index in [4.69, 9.17) is 5.26 Å². The third-order valence-corrected chi connectivity index (χ3v) is 3.88. The first kappa shape index (κ1) is 15.2. The molecule has 0 amide bonds. The van der Waals surface area contributed by atoms with Gasteiger partial charge in [0.15, 0.2) is 0 Å². The van der Waals surface area contributed by atoms with Crippen molar-refractivity contribution in [2.75, 3.05) is 11.6 Å². The van der Waals surface area contributed by atoms with Crippen molar-refractivity contribution < 1.29 is 0 Å². The Labute approximate surface area is 144 Å². The Morgan fingerprint density at radius 1 is 0.950 bits per heavy atom. The molecule has 0 saturated heterocycles. The van der Waals surface area contributed by atoms with E-state index in [1.54, 1.807) is 5.01 Å². The summed E-state index contributed by atoms with van der Waals surface area (Å²) in [5.41, 5.74) is 1.61. The van der Waals surface area contributed by atoms with Crippen molar-refractivity contribution >= 4 is 56.6 Å². The van der Waals surface area contributed by atoms with Crippen molar-refractivity contribution in [2.24, 2.45) is 10.3 Å². The fourth-order valence-corrected chi connectivity index (χ4v) is 2.19. The maximum Gasteiger partial charge on any atom is 0.130 e. The summed E-state index contributed by atoms with van der Waals surface area (Å²) in [4.78, 5) is 0. The van der Waals surface area contributed by atoms with Crippen LogP contribution in [-0.2, 0) is 0 Å². The summed E-state index contributed by atoms with van der Waals surface area (Å²) < 4.78 is 2.28. The van der Waals surface area contributed by atoms with Crippen LogP contribution in [0.25, 0.3) is 0 Å². The van der Waals surface area contributed by atoms with Gasteiger partial charge in [-0.1, -0.05) is 5.22 Å². The first-order chi connectivity index (χ1) is 9.69. The van der Waals surface area contributed by atoms with Crippen LogP contribution in [-0.4, -0.2) is 6.54 Å². The number of anilines is 1. The van der Waals surface area contributed by atoms with Gasteiger partial charge in [-0.25, -0.2) is 5.01 Å². The number of nitrogens with zero attached hydrogens (tertiary/aromatic N) is 4. The van der Waals surface area contributed by atoms with Crippen LogP contribution in [0.2, 0.25) is 0 Å². The normalized spacial score (nSPS) is 10.4. The Morgan fingerprint density at radius 3 is 2.05 bits per heavy atom. The van der Waals surface area contributed by atoms with Crippen LogP contribution in [0.4, 0.5) is 11.4 Å². The lowest BCUT2D eigenvalue weighted by Gasteiger charge is -2.13. The highest BCUT2D eigenvalue weighted by atomic mass is 127. The molecule has 0 aromatic heterocycles. The zero-order valence-electron chi connectivity index (χ0n) is 10.4. The van der Waals surface area contributed by atoms with E-state index >= 15 is 0 Å². The molecule has 0 N–H and O–H groups in total. The van der Waals surface area contributed by atoms with E-state index in [9.17, 15) is 0 Å². The predicted molar refractivity (Wildman–Crippen MR) is 95.8 cm³/mol. The summed E-state index contributed by atoms with van der Waals surface area (Å²) >= 11 is 4.47. The van der Waals surface area contributed by atoms with Crippen LogP contribution in [0.15, 0.2) is 58.9 Å². The average molecular weight is 488 g/mol. The molecule has 0 aliphatic heterocycles. The van der Waals surface area contributed by atoms with E-state index in [1.807, 2.05) is 48.5 Å². The molecule has 20 heavy (non-hydrogen) atoms. The van der Waals surface area contributed by atoms with Gasteiger partial charge in [0.1, 0.15) is 6.54 Å². The van der Waals surface area contributed by atoms with Crippen LogP contribution >= 0.6 is 45.2 Å². The quantitative estimate of drug-likeness (QED) is 0.266. The maximum absolute atomic E-state index is 8.89. The summed E-state index contributed by atoms with van der Waals surface area (Å²) in [7, 11) is 0. The lowest BCUT2D eigenvalue weighted by atomic mass is 10.3. The lowest BCUT2D eigenvalue weighted by molar-refractivity contribution is 0.874. The maximum atomic E-state index is 8.89. The molecule has 2 rings (SSSR count). The zero-order chi connectivity index (χ0) is 14.4. The van der Waals surface area contributed by atoms with Crippen LogP contribution in [0.1, 0.15) is 0 Å². The van der Waals surface area contributed by atoms with Crippen LogP contribution in [0.3, 0.4) is 0 Å². The number of halogens is 2. The summed E-state index contributed by atoms with van der Waals surface area (Å²) in [5.74, 6) is 0. The van der Waals surface area contributed by atoms with Crippen molar-refractivity contribution in [1.82, 2.24) is 0 Å². The first-order valence-electron chi connectivity index (χ1n) is 5.76. The molecule has 2 aromatic carbocycles. The number of hydrogen-bond donors (Lipinski definition) is 0. The van der Waals surface area contributed by atoms with Crippen LogP contribution < -0.4 is 5.01 Å². The van der Waals surface area contributed by atoms with Gasteiger partial charge < -0.3 is 0 Å². The minimum Gasteiger partial charge on any atom is -0.233 e. The number of hydrogen-bond acceptors (Lipinski definition) is 3. The third kappa shape index (κ3) is 4.42. The van der Waals surface area contributed by atoms with Gasteiger partial charge in [-0.2, -0.15) is 5.26 Å². The van der Waals surface area contributed by atoms with Crippen LogP contribution in [0, 0.1) is 18.5 Å². The van der Waals surface area contributed by atoms with Crippen LogP contribution in [0.5, 0.6) is 0 Å². The van der Waals surface area contributed by atoms with Gasteiger partial charge in [-0.05, 0) is 93.7 Å². The van der Waals surface area contributed by atoms with Gasteiger partial charge in [-0.15, -0.1) is 5.11 Å². The van der Waals surface area contributed by atoms with Crippen molar-refractivity contribution in [3.8, 4) is 6.07 Å². The van der Waals surface area contributed by atoms with E-state index in [1.165, 1.54) is 0 Å². The van der Waals surface area contributed by atoms with Gasteiger partial charge in [0.25, 0.3) is 0 Å². The predicted octanol–water partition coefficient (Wildman–Crippen LogP) is 4.92. The largest absolute Gasteiger partial charge is 0.233 e. The second kappa shape index (κ2) is 7.54. The second-order valence-corrected chi connectivity index (χ2v) is 6.35. The standard InChI is InChI=1S/C14H10I2N4/c15-11-1-5-13(6-2-11)18-19-20(10-9-17)14-7-3-12(16)4-8-14/h1-8H,10H2. The third-order valence-electron chi connectivity index (χ3n) is 2.44. The lowest BCUT2D eigenvalue weighted by Crippen LogP contribution is -2.15. The van der Waals surface area contributed by atoms with E-state index in [2.05, 4.69) is 61.6 Å². The Balaban J connectivity index is 2.19. The SMILES string of the molecule is N#CCN(N=Nc1ccc(I)cc1)c1ccc(I)cc1. The molecule has 0 atom stereocenters.